The van der Waals surface area contributed by atoms with Gasteiger partial charge in [-0.2, -0.15) is 0 Å². The minimum Gasteiger partial charge on any atom is -0.454 e. The van der Waals surface area contributed by atoms with Crippen LogP contribution in [0.2, 0.25) is 0 Å². The fraction of sp³-hybridized carbons (Fsp3) is 0.417. The maximum absolute atomic E-state index is 11.8. The SMILES string of the molecule is CCCS(=O)CC(=O)c1ccc2c(c1)OCO2. The van der Waals surface area contributed by atoms with E-state index < -0.39 is 10.8 Å². The van der Waals surface area contributed by atoms with Crippen molar-refractivity contribution in [3.63, 3.8) is 0 Å². The predicted molar refractivity (Wildman–Crippen MR) is 65.1 cm³/mol. The van der Waals surface area contributed by atoms with Crippen LogP contribution in [0.1, 0.15) is 23.7 Å². The lowest BCUT2D eigenvalue weighted by Gasteiger charge is -2.02. The van der Waals surface area contributed by atoms with E-state index in [-0.39, 0.29) is 18.3 Å². The molecule has 0 saturated carbocycles. The van der Waals surface area contributed by atoms with E-state index >= 15 is 0 Å². The van der Waals surface area contributed by atoms with Crippen molar-refractivity contribution in [3.8, 4) is 11.5 Å². The van der Waals surface area contributed by atoms with Gasteiger partial charge in [0, 0.05) is 22.1 Å². The predicted octanol–water partition coefficient (Wildman–Crippen LogP) is 1.76. The van der Waals surface area contributed by atoms with Gasteiger partial charge in [-0.25, -0.2) is 0 Å². The van der Waals surface area contributed by atoms with Crippen molar-refractivity contribution >= 4 is 16.6 Å². The van der Waals surface area contributed by atoms with Gasteiger partial charge in [0.2, 0.25) is 6.79 Å². The molecule has 1 aromatic rings. The highest BCUT2D eigenvalue weighted by atomic mass is 32.2. The Balaban J connectivity index is 2.07. The van der Waals surface area contributed by atoms with Crippen LogP contribution in [0, 0.1) is 0 Å². The van der Waals surface area contributed by atoms with Crippen molar-refractivity contribution in [2.75, 3.05) is 18.3 Å². The van der Waals surface area contributed by atoms with Gasteiger partial charge in [0.15, 0.2) is 17.3 Å². The van der Waals surface area contributed by atoms with Crippen molar-refractivity contribution in [3.05, 3.63) is 23.8 Å². The molecule has 0 radical (unpaired) electrons. The maximum Gasteiger partial charge on any atom is 0.231 e. The molecular formula is C12H14O4S. The highest BCUT2D eigenvalue weighted by Crippen LogP contribution is 2.32. The van der Waals surface area contributed by atoms with Gasteiger partial charge in [-0.05, 0) is 24.6 Å². The molecule has 1 aliphatic rings. The fourth-order valence-corrected chi connectivity index (χ4v) is 2.66. The second-order valence-corrected chi connectivity index (χ2v) is 5.36. The summed E-state index contributed by atoms with van der Waals surface area (Å²) >= 11 is 0. The van der Waals surface area contributed by atoms with E-state index in [1.54, 1.807) is 18.2 Å². The lowest BCUT2D eigenvalue weighted by atomic mass is 10.1. The number of benzene rings is 1. The molecule has 0 fully saturated rings. The molecule has 17 heavy (non-hydrogen) atoms. The number of carbonyl (C=O) groups excluding carboxylic acids is 1. The molecule has 0 saturated heterocycles. The number of rotatable bonds is 5. The van der Waals surface area contributed by atoms with Crippen LogP contribution in [0.15, 0.2) is 18.2 Å². The first kappa shape index (κ1) is 12.1. The van der Waals surface area contributed by atoms with Crippen LogP contribution in [0.5, 0.6) is 11.5 Å². The summed E-state index contributed by atoms with van der Waals surface area (Å²) in [7, 11) is -1.07. The first-order chi connectivity index (χ1) is 8.20. The Bertz CT molecular complexity index is 456. The molecule has 0 aliphatic carbocycles. The molecule has 1 atom stereocenters. The summed E-state index contributed by atoms with van der Waals surface area (Å²) in [6.07, 6.45) is 0.820. The van der Waals surface area contributed by atoms with E-state index in [1.165, 1.54) is 0 Å². The van der Waals surface area contributed by atoms with E-state index in [0.29, 0.717) is 22.8 Å². The third-order valence-electron chi connectivity index (χ3n) is 2.42. The fourth-order valence-electron chi connectivity index (χ4n) is 1.60. The number of hydrogen-bond acceptors (Lipinski definition) is 4. The molecule has 4 nitrogen and oxygen atoms in total. The summed E-state index contributed by atoms with van der Waals surface area (Å²) < 4.78 is 21.8. The van der Waals surface area contributed by atoms with Crippen molar-refractivity contribution in [2.45, 2.75) is 13.3 Å². The number of ether oxygens (including phenoxy) is 2. The Labute approximate surface area is 102 Å². The average molecular weight is 254 g/mol. The van der Waals surface area contributed by atoms with Crippen LogP contribution in [0.3, 0.4) is 0 Å². The molecule has 0 N–H and O–H groups in total. The Morgan fingerprint density at radius 2 is 2.12 bits per heavy atom. The van der Waals surface area contributed by atoms with Crippen LogP contribution in [0.4, 0.5) is 0 Å². The third kappa shape index (κ3) is 2.85. The monoisotopic (exact) mass is 254 g/mol. The van der Waals surface area contributed by atoms with Crippen LogP contribution in [-0.4, -0.2) is 28.3 Å². The van der Waals surface area contributed by atoms with Crippen molar-refractivity contribution in [1.29, 1.82) is 0 Å². The molecular weight excluding hydrogens is 240 g/mol. The summed E-state index contributed by atoms with van der Waals surface area (Å²) in [5.74, 6) is 1.76. The number of Topliss-reactive ketones (excluding diaryl/α,β-unsaturated/α-hetero) is 1. The first-order valence-electron chi connectivity index (χ1n) is 5.48. The molecule has 0 bridgehead atoms. The zero-order valence-electron chi connectivity index (χ0n) is 9.60. The molecule has 1 unspecified atom stereocenters. The first-order valence-corrected chi connectivity index (χ1v) is 6.97. The summed E-state index contributed by atoms with van der Waals surface area (Å²) in [5, 5.41) is 0. The second kappa shape index (κ2) is 5.31. The van der Waals surface area contributed by atoms with Crippen LogP contribution < -0.4 is 9.47 Å². The quantitative estimate of drug-likeness (QED) is 0.751. The highest BCUT2D eigenvalue weighted by Gasteiger charge is 2.17. The normalized spacial score (nSPS) is 14.6. The Kier molecular flexibility index (Phi) is 3.78. The average Bonchev–Trinajstić information content (AvgIpc) is 2.75. The largest absolute Gasteiger partial charge is 0.454 e. The van der Waals surface area contributed by atoms with Gasteiger partial charge in [-0.3, -0.25) is 9.00 Å². The maximum atomic E-state index is 11.8. The lowest BCUT2D eigenvalue weighted by Crippen LogP contribution is -2.12. The van der Waals surface area contributed by atoms with Gasteiger partial charge >= 0.3 is 0 Å². The van der Waals surface area contributed by atoms with Crippen LogP contribution in [-0.2, 0) is 10.8 Å². The van der Waals surface area contributed by atoms with Gasteiger partial charge in [0.05, 0.1) is 5.75 Å². The van der Waals surface area contributed by atoms with E-state index in [1.807, 2.05) is 6.92 Å². The van der Waals surface area contributed by atoms with Gasteiger partial charge in [-0.15, -0.1) is 0 Å². The Hall–Kier alpha value is -1.36. The molecule has 2 rings (SSSR count). The topological polar surface area (TPSA) is 52.6 Å². The minimum atomic E-state index is -1.07. The van der Waals surface area contributed by atoms with Gasteiger partial charge in [-0.1, -0.05) is 6.92 Å². The third-order valence-corrected chi connectivity index (χ3v) is 3.87. The lowest BCUT2D eigenvalue weighted by molar-refractivity contribution is 0.102. The number of hydrogen-bond donors (Lipinski definition) is 0. The van der Waals surface area contributed by atoms with E-state index in [4.69, 9.17) is 9.47 Å². The minimum absolute atomic E-state index is 0.0769. The molecule has 1 heterocycles. The summed E-state index contributed by atoms with van der Waals surface area (Å²) in [4.78, 5) is 11.8. The molecule has 0 spiro atoms. The number of fused-ring (bicyclic) bond motifs is 1. The molecule has 92 valence electrons. The van der Waals surface area contributed by atoms with Crippen molar-refractivity contribution < 1.29 is 18.5 Å². The van der Waals surface area contributed by atoms with Crippen molar-refractivity contribution in [1.82, 2.24) is 0 Å². The Morgan fingerprint density at radius 3 is 2.88 bits per heavy atom. The molecule has 5 heteroatoms. The standard InChI is InChI=1S/C12H14O4S/c1-2-5-17(14)7-10(13)9-3-4-11-12(6-9)16-8-15-11/h3-4,6H,2,5,7-8H2,1H3. The molecule has 1 aromatic carbocycles. The van der Waals surface area contributed by atoms with E-state index in [9.17, 15) is 9.00 Å². The number of carbonyl (C=O) groups is 1. The number of ketones is 1. The smallest absolute Gasteiger partial charge is 0.231 e. The van der Waals surface area contributed by atoms with Gasteiger partial charge < -0.3 is 9.47 Å². The Morgan fingerprint density at radius 1 is 1.35 bits per heavy atom. The van der Waals surface area contributed by atoms with E-state index in [0.717, 1.165) is 6.42 Å². The van der Waals surface area contributed by atoms with Crippen molar-refractivity contribution in [2.24, 2.45) is 0 Å². The van der Waals surface area contributed by atoms with Crippen LogP contribution in [0.25, 0.3) is 0 Å². The molecule has 0 amide bonds. The highest BCUT2D eigenvalue weighted by molar-refractivity contribution is 7.85. The summed E-state index contributed by atoms with van der Waals surface area (Å²) in [6, 6.07) is 5.03. The summed E-state index contributed by atoms with van der Waals surface area (Å²) in [5.41, 5.74) is 0.527. The van der Waals surface area contributed by atoms with Gasteiger partial charge in [0.25, 0.3) is 0 Å². The van der Waals surface area contributed by atoms with Crippen LogP contribution >= 0.6 is 0 Å². The van der Waals surface area contributed by atoms with Gasteiger partial charge in [0.1, 0.15) is 0 Å². The molecule has 1 aliphatic heterocycles. The molecule has 0 aromatic heterocycles. The second-order valence-electron chi connectivity index (χ2n) is 3.78. The zero-order chi connectivity index (χ0) is 12.3. The van der Waals surface area contributed by atoms with E-state index in [2.05, 4.69) is 0 Å². The zero-order valence-corrected chi connectivity index (χ0v) is 10.4. The summed E-state index contributed by atoms with van der Waals surface area (Å²) in [6.45, 7) is 2.14.